The second kappa shape index (κ2) is 15.6. The predicted molar refractivity (Wildman–Crippen MR) is 125 cm³/mol. The van der Waals surface area contributed by atoms with Crippen molar-refractivity contribution in [1.82, 2.24) is 9.97 Å². The van der Waals surface area contributed by atoms with E-state index in [-0.39, 0.29) is 5.92 Å². The van der Waals surface area contributed by atoms with Crippen molar-refractivity contribution in [3.05, 3.63) is 60.2 Å². The minimum atomic E-state index is -0.0331. The maximum Gasteiger partial charge on any atom is 0.114 e. The monoisotopic (exact) mass is 409 g/mol. The van der Waals surface area contributed by atoms with Crippen LogP contribution in [0, 0.1) is 0 Å². The third-order valence-corrected chi connectivity index (χ3v) is 5.76. The second-order valence-electron chi connectivity index (χ2n) is 8.19. The Morgan fingerprint density at radius 3 is 1.83 bits per heavy atom. The van der Waals surface area contributed by atoms with Crippen LogP contribution in [0.1, 0.15) is 108 Å². The van der Waals surface area contributed by atoms with E-state index in [4.69, 9.17) is 0 Å². The minimum absolute atomic E-state index is 0.0331. The van der Waals surface area contributed by atoms with Gasteiger partial charge in [-0.05, 0) is 30.7 Å². The molecular weight excluding hydrogens is 370 g/mol. The maximum absolute atomic E-state index is 9.72. The fourth-order valence-corrected chi connectivity index (χ4v) is 4.01. The highest BCUT2D eigenvalue weighted by molar-refractivity contribution is 6.03. The summed E-state index contributed by atoms with van der Waals surface area (Å²) >= 11 is 0. The number of hydrogen-bond acceptors (Lipinski definition) is 4. The molecule has 0 saturated carbocycles. The van der Waals surface area contributed by atoms with E-state index >= 15 is 0 Å². The molecule has 0 aliphatic heterocycles. The summed E-state index contributed by atoms with van der Waals surface area (Å²) in [4.78, 5) is 8.92. The van der Waals surface area contributed by atoms with Gasteiger partial charge in [0.15, 0.2) is 0 Å². The first kappa shape index (κ1) is 24.0. The van der Waals surface area contributed by atoms with Gasteiger partial charge >= 0.3 is 0 Å². The zero-order valence-corrected chi connectivity index (χ0v) is 18.7. The number of aromatic nitrogens is 2. The normalized spacial score (nSPS) is 12.8. The van der Waals surface area contributed by atoms with Crippen LogP contribution >= 0.6 is 0 Å². The van der Waals surface area contributed by atoms with Crippen molar-refractivity contribution in [2.24, 2.45) is 5.16 Å². The van der Waals surface area contributed by atoms with Crippen LogP contribution in [-0.2, 0) is 0 Å². The molecule has 0 amide bonds. The number of unbranched alkanes of at least 4 members (excludes halogenated alkanes) is 11. The third-order valence-electron chi connectivity index (χ3n) is 5.76. The van der Waals surface area contributed by atoms with Crippen LogP contribution in [-0.4, -0.2) is 20.9 Å². The summed E-state index contributed by atoms with van der Waals surface area (Å²) in [6.45, 7) is 2.27. The fourth-order valence-electron chi connectivity index (χ4n) is 4.01. The van der Waals surface area contributed by atoms with E-state index in [1.165, 1.54) is 70.6 Å². The summed E-state index contributed by atoms with van der Waals surface area (Å²) in [7, 11) is 0. The van der Waals surface area contributed by atoms with Crippen molar-refractivity contribution in [3.63, 3.8) is 0 Å². The zero-order chi connectivity index (χ0) is 21.3. The molecule has 30 heavy (non-hydrogen) atoms. The Labute approximate surface area is 182 Å². The summed E-state index contributed by atoms with van der Waals surface area (Å²) in [6.07, 6.45) is 20.4. The lowest BCUT2D eigenvalue weighted by Gasteiger charge is -2.17. The van der Waals surface area contributed by atoms with Crippen LogP contribution in [0.3, 0.4) is 0 Å². The SMILES string of the molecule is CCCCCCCCCCCCCCC(/C(=N/O)c1ccccn1)c1ccccn1. The molecule has 1 atom stereocenters. The third kappa shape index (κ3) is 9.06. The van der Waals surface area contributed by atoms with Crippen LogP contribution in [0.25, 0.3) is 0 Å². The highest BCUT2D eigenvalue weighted by atomic mass is 16.4. The standard InChI is InChI=1S/C26H39N3O/c1-2-3-4-5-6-7-8-9-10-11-12-13-18-23(24-19-14-16-21-27-24)26(29-30)25-20-15-17-22-28-25/h14-17,19-23,30H,2-13,18H2,1H3/b29-26-. The molecule has 2 aromatic rings. The maximum atomic E-state index is 9.72. The molecule has 0 spiro atoms. The Morgan fingerprint density at radius 1 is 0.767 bits per heavy atom. The molecule has 4 heteroatoms. The first-order valence-electron chi connectivity index (χ1n) is 11.9. The van der Waals surface area contributed by atoms with Gasteiger partial charge in [-0.25, -0.2) is 0 Å². The molecule has 2 rings (SSSR count). The predicted octanol–water partition coefficient (Wildman–Crippen LogP) is 7.53. The number of oxime groups is 1. The Balaban J connectivity index is 1.73. The molecule has 0 saturated heterocycles. The van der Waals surface area contributed by atoms with Crippen molar-refractivity contribution < 1.29 is 5.21 Å². The fraction of sp³-hybridized carbons (Fsp3) is 0.577. The Bertz CT molecular complexity index is 688. The number of nitrogens with zero attached hydrogens (tertiary/aromatic N) is 3. The van der Waals surface area contributed by atoms with E-state index < -0.39 is 0 Å². The Kier molecular flexibility index (Phi) is 12.5. The Hall–Kier alpha value is -2.23. The molecule has 0 aliphatic rings. The molecule has 0 fully saturated rings. The lowest BCUT2D eigenvalue weighted by molar-refractivity contribution is 0.316. The topological polar surface area (TPSA) is 58.4 Å². The molecule has 0 bridgehead atoms. The van der Waals surface area contributed by atoms with Crippen molar-refractivity contribution in [2.45, 2.75) is 96.3 Å². The average molecular weight is 410 g/mol. The first-order chi connectivity index (χ1) is 14.9. The molecular formula is C26H39N3O. The van der Waals surface area contributed by atoms with Gasteiger partial charge < -0.3 is 5.21 Å². The van der Waals surface area contributed by atoms with Crippen molar-refractivity contribution >= 4 is 5.71 Å². The van der Waals surface area contributed by atoms with Crippen LogP contribution in [0.4, 0.5) is 0 Å². The van der Waals surface area contributed by atoms with Crippen molar-refractivity contribution in [3.8, 4) is 0 Å². The highest BCUT2D eigenvalue weighted by Gasteiger charge is 2.22. The highest BCUT2D eigenvalue weighted by Crippen LogP contribution is 2.26. The van der Waals surface area contributed by atoms with Gasteiger partial charge in [0.25, 0.3) is 0 Å². The van der Waals surface area contributed by atoms with Gasteiger partial charge in [-0.15, -0.1) is 0 Å². The summed E-state index contributed by atoms with van der Waals surface area (Å²) in [5, 5.41) is 13.3. The Morgan fingerprint density at radius 2 is 1.33 bits per heavy atom. The van der Waals surface area contributed by atoms with Gasteiger partial charge in [-0.3, -0.25) is 9.97 Å². The van der Waals surface area contributed by atoms with E-state index in [1.807, 2.05) is 36.4 Å². The average Bonchev–Trinajstić information content (AvgIpc) is 2.80. The number of pyridine rings is 2. The first-order valence-corrected chi connectivity index (χ1v) is 11.9. The molecule has 1 unspecified atom stereocenters. The lowest BCUT2D eigenvalue weighted by Crippen LogP contribution is -2.17. The largest absolute Gasteiger partial charge is 0.411 e. The molecule has 0 aliphatic carbocycles. The lowest BCUT2D eigenvalue weighted by atomic mass is 9.90. The van der Waals surface area contributed by atoms with Crippen LogP contribution in [0.15, 0.2) is 53.9 Å². The zero-order valence-electron chi connectivity index (χ0n) is 18.7. The van der Waals surface area contributed by atoms with E-state index in [9.17, 15) is 5.21 Å². The summed E-state index contributed by atoms with van der Waals surface area (Å²) in [6, 6.07) is 11.6. The van der Waals surface area contributed by atoms with Crippen LogP contribution in [0.5, 0.6) is 0 Å². The van der Waals surface area contributed by atoms with E-state index in [0.29, 0.717) is 5.71 Å². The van der Waals surface area contributed by atoms with Crippen LogP contribution in [0.2, 0.25) is 0 Å². The van der Waals surface area contributed by atoms with E-state index in [0.717, 1.165) is 24.2 Å². The van der Waals surface area contributed by atoms with Gasteiger partial charge in [-0.1, -0.05) is 101 Å². The molecule has 2 aromatic heterocycles. The van der Waals surface area contributed by atoms with Gasteiger partial charge in [0.2, 0.25) is 0 Å². The number of hydrogen-bond donors (Lipinski definition) is 1. The van der Waals surface area contributed by atoms with Crippen molar-refractivity contribution in [2.75, 3.05) is 0 Å². The van der Waals surface area contributed by atoms with Crippen molar-refractivity contribution in [1.29, 1.82) is 0 Å². The quantitative estimate of drug-likeness (QED) is 0.135. The second-order valence-corrected chi connectivity index (χ2v) is 8.19. The molecule has 164 valence electrons. The van der Waals surface area contributed by atoms with E-state index in [2.05, 4.69) is 22.0 Å². The molecule has 1 N–H and O–H groups in total. The van der Waals surface area contributed by atoms with Gasteiger partial charge in [0, 0.05) is 24.0 Å². The molecule has 2 heterocycles. The molecule has 0 aromatic carbocycles. The van der Waals surface area contributed by atoms with Gasteiger partial charge in [0.05, 0.1) is 5.69 Å². The number of rotatable bonds is 16. The summed E-state index contributed by atoms with van der Waals surface area (Å²) < 4.78 is 0. The summed E-state index contributed by atoms with van der Waals surface area (Å²) in [5.74, 6) is -0.0331. The van der Waals surface area contributed by atoms with Gasteiger partial charge in [-0.2, -0.15) is 0 Å². The summed E-state index contributed by atoms with van der Waals surface area (Å²) in [5.41, 5.74) is 2.27. The molecule has 4 nitrogen and oxygen atoms in total. The smallest absolute Gasteiger partial charge is 0.114 e. The van der Waals surface area contributed by atoms with Gasteiger partial charge in [0.1, 0.15) is 5.71 Å². The van der Waals surface area contributed by atoms with E-state index in [1.54, 1.807) is 12.4 Å². The molecule has 0 radical (unpaired) electrons. The minimum Gasteiger partial charge on any atom is -0.411 e. The van der Waals surface area contributed by atoms with Crippen LogP contribution < -0.4 is 0 Å².